The number of piperidine rings is 1. The van der Waals surface area contributed by atoms with E-state index in [0.29, 0.717) is 6.04 Å². The van der Waals surface area contributed by atoms with Gasteiger partial charge in [-0.15, -0.1) is 0 Å². The Morgan fingerprint density at radius 2 is 2.14 bits per heavy atom. The third-order valence-corrected chi connectivity index (χ3v) is 4.51. The van der Waals surface area contributed by atoms with Crippen LogP contribution in [-0.2, 0) is 4.79 Å². The van der Waals surface area contributed by atoms with Crippen LogP contribution in [0.25, 0.3) is 0 Å². The van der Waals surface area contributed by atoms with Crippen molar-refractivity contribution in [1.82, 2.24) is 15.1 Å². The number of nitrogens with zero attached hydrogens (tertiary/aromatic N) is 2. The van der Waals surface area contributed by atoms with Crippen LogP contribution in [0.1, 0.15) is 46.5 Å². The van der Waals surface area contributed by atoms with E-state index >= 15 is 0 Å². The highest BCUT2D eigenvalue weighted by atomic mass is 16.1. The smallest absolute Gasteiger partial charge is 0.237 e. The van der Waals surface area contributed by atoms with E-state index in [1.54, 1.807) is 0 Å². The van der Waals surface area contributed by atoms with E-state index in [4.69, 9.17) is 5.73 Å². The maximum atomic E-state index is 11.7. The highest BCUT2D eigenvalue weighted by Gasteiger charge is 2.31. The lowest BCUT2D eigenvalue weighted by Crippen LogP contribution is -2.55. The van der Waals surface area contributed by atoms with Crippen LogP contribution in [0.4, 0.5) is 0 Å². The van der Waals surface area contributed by atoms with Crippen LogP contribution in [0, 0.1) is 0 Å². The molecule has 21 heavy (non-hydrogen) atoms. The number of amides is 1. The second-order valence-corrected chi connectivity index (χ2v) is 7.16. The van der Waals surface area contributed by atoms with E-state index in [1.165, 1.54) is 19.4 Å². The summed E-state index contributed by atoms with van der Waals surface area (Å²) in [7, 11) is 4.32. The van der Waals surface area contributed by atoms with Crippen molar-refractivity contribution >= 4 is 5.91 Å². The lowest BCUT2D eigenvalue weighted by molar-refractivity contribution is -0.124. The summed E-state index contributed by atoms with van der Waals surface area (Å²) in [4.78, 5) is 16.6. The number of hydrogen-bond donors (Lipinski definition) is 2. The Morgan fingerprint density at radius 3 is 2.67 bits per heavy atom. The van der Waals surface area contributed by atoms with Crippen molar-refractivity contribution in [3.63, 3.8) is 0 Å². The fraction of sp³-hybridized carbons (Fsp3) is 0.938. The van der Waals surface area contributed by atoms with Gasteiger partial charge in [0.2, 0.25) is 5.91 Å². The van der Waals surface area contributed by atoms with Gasteiger partial charge in [-0.3, -0.25) is 4.79 Å². The standard InChI is InChI=1S/C16H34N4O/c1-13(2)18-16(3,15(17)21)9-7-11-20-10-6-8-14(12-20)19(4)5/h13-14,18H,6-12H2,1-5H3,(H2,17,21). The molecule has 1 amide bonds. The number of carbonyl (C=O) groups is 1. The number of carbonyl (C=O) groups excluding carboxylic acids is 1. The number of likely N-dealkylation sites (N-methyl/N-ethyl adjacent to an activating group) is 1. The monoisotopic (exact) mass is 298 g/mol. The number of primary amides is 1. The molecule has 0 aliphatic carbocycles. The minimum Gasteiger partial charge on any atom is -0.368 e. The maximum absolute atomic E-state index is 11.7. The molecule has 1 heterocycles. The highest BCUT2D eigenvalue weighted by molar-refractivity contribution is 5.84. The molecule has 5 heteroatoms. The topological polar surface area (TPSA) is 61.6 Å². The van der Waals surface area contributed by atoms with E-state index in [-0.39, 0.29) is 11.9 Å². The number of hydrogen-bond acceptors (Lipinski definition) is 4. The molecule has 1 fully saturated rings. The number of nitrogens with two attached hydrogens (primary N) is 1. The number of rotatable bonds is 8. The Balaban J connectivity index is 2.42. The van der Waals surface area contributed by atoms with E-state index in [2.05, 4.69) is 29.2 Å². The molecule has 5 nitrogen and oxygen atoms in total. The Bertz CT molecular complexity index is 332. The zero-order valence-corrected chi connectivity index (χ0v) is 14.5. The lowest BCUT2D eigenvalue weighted by Gasteiger charge is -2.37. The summed E-state index contributed by atoms with van der Waals surface area (Å²) < 4.78 is 0. The van der Waals surface area contributed by atoms with E-state index in [0.717, 1.165) is 25.9 Å². The van der Waals surface area contributed by atoms with Crippen molar-refractivity contribution in [2.75, 3.05) is 33.7 Å². The summed E-state index contributed by atoms with van der Waals surface area (Å²) in [5.41, 5.74) is 4.99. The fourth-order valence-electron chi connectivity index (χ4n) is 3.22. The molecule has 1 rings (SSSR count). The molecule has 1 aliphatic heterocycles. The third-order valence-electron chi connectivity index (χ3n) is 4.51. The van der Waals surface area contributed by atoms with Crippen molar-refractivity contribution in [2.24, 2.45) is 5.73 Å². The van der Waals surface area contributed by atoms with Crippen molar-refractivity contribution in [3.8, 4) is 0 Å². The molecule has 0 aromatic carbocycles. The fourth-order valence-corrected chi connectivity index (χ4v) is 3.22. The molecule has 0 radical (unpaired) electrons. The average molecular weight is 298 g/mol. The van der Waals surface area contributed by atoms with Crippen LogP contribution in [-0.4, -0.2) is 67.1 Å². The molecular weight excluding hydrogens is 264 g/mol. The summed E-state index contributed by atoms with van der Waals surface area (Å²) in [5, 5.41) is 3.32. The second kappa shape index (κ2) is 8.11. The number of likely N-dealkylation sites (tertiary alicyclic amines) is 1. The van der Waals surface area contributed by atoms with Crippen LogP contribution in [0.5, 0.6) is 0 Å². The first-order valence-corrected chi connectivity index (χ1v) is 8.21. The zero-order chi connectivity index (χ0) is 16.0. The third kappa shape index (κ3) is 5.93. The molecule has 0 aromatic rings. The molecule has 0 aromatic heterocycles. The van der Waals surface area contributed by atoms with Crippen molar-refractivity contribution in [2.45, 2.75) is 64.1 Å². The Labute approximate surface area is 130 Å². The van der Waals surface area contributed by atoms with Gasteiger partial charge in [0.1, 0.15) is 0 Å². The van der Waals surface area contributed by atoms with Gasteiger partial charge in [0.25, 0.3) is 0 Å². The minimum absolute atomic E-state index is 0.249. The van der Waals surface area contributed by atoms with E-state index in [1.807, 2.05) is 20.8 Å². The Hall–Kier alpha value is -0.650. The molecule has 3 N–H and O–H groups in total. The largest absolute Gasteiger partial charge is 0.368 e. The average Bonchev–Trinajstić information content (AvgIpc) is 2.38. The van der Waals surface area contributed by atoms with Gasteiger partial charge in [-0.25, -0.2) is 0 Å². The van der Waals surface area contributed by atoms with Crippen molar-refractivity contribution in [1.29, 1.82) is 0 Å². The Morgan fingerprint density at radius 1 is 1.48 bits per heavy atom. The van der Waals surface area contributed by atoms with E-state index < -0.39 is 5.54 Å². The molecule has 2 atom stereocenters. The quantitative estimate of drug-likeness (QED) is 0.703. The molecule has 124 valence electrons. The summed E-state index contributed by atoms with van der Waals surface area (Å²) >= 11 is 0. The van der Waals surface area contributed by atoms with Gasteiger partial charge < -0.3 is 20.9 Å². The van der Waals surface area contributed by atoms with Crippen molar-refractivity contribution in [3.05, 3.63) is 0 Å². The van der Waals surface area contributed by atoms with Crippen molar-refractivity contribution < 1.29 is 4.79 Å². The first-order chi connectivity index (χ1) is 9.74. The molecule has 1 saturated heterocycles. The van der Waals surface area contributed by atoms with Crippen LogP contribution in [0.2, 0.25) is 0 Å². The molecular formula is C16H34N4O. The summed E-state index contributed by atoms with van der Waals surface area (Å²) in [5.74, 6) is -0.249. The normalized spacial score (nSPS) is 23.5. The SMILES string of the molecule is CC(C)NC(C)(CCCN1CCCC(N(C)C)C1)C(N)=O. The van der Waals surface area contributed by atoms with Crippen LogP contribution < -0.4 is 11.1 Å². The predicted octanol–water partition coefficient (Wildman–Crippen LogP) is 1.03. The van der Waals surface area contributed by atoms with Gasteiger partial charge in [-0.05, 0) is 73.6 Å². The predicted molar refractivity (Wildman–Crippen MR) is 88.3 cm³/mol. The zero-order valence-electron chi connectivity index (χ0n) is 14.5. The van der Waals surface area contributed by atoms with Gasteiger partial charge in [0, 0.05) is 18.6 Å². The van der Waals surface area contributed by atoms with Gasteiger partial charge in [-0.1, -0.05) is 0 Å². The summed E-state index contributed by atoms with van der Waals surface area (Å²) in [6.45, 7) is 9.38. The molecule has 0 spiro atoms. The lowest BCUT2D eigenvalue weighted by atomic mass is 9.93. The molecule has 1 aliphatic rings. The first kappa shape index (κ1) is 18.4. The number of nitrogens with one attached hydrogen (secondary N) is 1. The summed E-state index contributed by atoms with van der Waals surface area (Å²) in [6.07, 6.45) is 4.35. The van der Waals surface area contributed by atoms with Gasteiger partial charge in [0.05, 0.1) is 5.54 Å². The van der Waals surface area contributed by atoms with Gasteiger partial charge >= 0.3 is 0 Å². The highest BCUT2D eigenvalue weighted by Crippen LogP contribution is 2.17. The first-order valence-electron chi connectivity index (χ1n) is 8.21. The summed E-state index contributed by atoms with van der Waals surface area (Å²) in [6, 6.07) is 0.922. The second-order valence-electron chi connectivity index (χ2n) is 7.16. The minimum atomic E-state index is -0.592. The van der Waals surface area contributed by atoms with E-state index in [9.17, 15) is 4.79 Å². The molecule has 0 saturated carbocycles. The van der Waals surface area contributed by atoms with Crippen LogP contribution in [0.15, 0.2) is 0 Å². The Kier molecular flexibility index (Phi) is 7.10. The molecule has 2 unspecified atom stereocenters. The van der Waals surface area contributed by atoms with Crippen LogP contribution in [0.3, 0.4) is 0 Å². The maximum Gasteiger partial charge on any atom is 0.237 e. The van der Waals surface area contributed by atoms with Crippen LogP contribution >= 0.6 is 0 Å². The van der Waals surface area contributed by atoms with Gasteiger partial charge in [0.15, 0.2) is 0 Å². The molecule has 0 bridgehead atoms. The van der Waals surface area contributed by atoms with Gasteiger partial charge in [-0.2, -0.15) is 0 Å².